The predicted molar refractivity (Wildman–Crippen MR) is 126 cm³/mol. The monoisotopic (exact) mass is 469 g/mol. The standard InChI is InChI=1S/C23H27N5O6/c1-12(2)18(26-20(29)13-7-15(33-5)10-16(8-13)34-6)21(30)25-14-9-17-19(24-11-14)27(3)23(32)28(4)22(17)31/h7-12,18H,1-6H3,(H,25,30)(H,26,29)/t18-/m0/s1. The number of benzene rings is 1. The van der Waals surface area contributed by atoms with Gasteiger partial charge in [0, 0.05) is 25.7 Å². The van der Waals surface area contributed by atoms with Gasteiger partial charge in [0.1, 0.15) is 23.2 Å². The number of aryl methyl sites for hydroxylation is 1. The smallest absolute Gasteiger partial charge is 0.332 e. The number of nitrogens with one attached hydrogen (secondary N) is 2. The van der Waals surface area contributed by atoms with Crippen molar-refractivity contribution in [3.05, 3.63) is 56.9 Å². The first-order valence-corrected chi connectivity index (χ1v) is 10.5. The lowest BCUT2D eigenvalue weighted by molar-refractivity contribution is -0.118. The Balaban J connectivity index is 1.87. The van der Waals surface area contributed by atoms with Gasteiger partial charge in [-0.1, -0.05) is 13.8 Å². The Morgan fingerprint density at radius 2 is 1.59 bits per heavy atom. The maximum absolute atomic E-state index is 13.0. The first kappa shape index (κ1) is 24.5. The van der Waals surface area contributed by atoms with Crippen molar-refractivity contribution in [3.63, 3.8) is 0 Å². The summed E-state index contributed by atoms with van der Waals surface area (Å²) >= 11 is 0. The normalized spacial score (nSPS) is 11.9. The summed E-state index contributed by atoms with van der Waals surface area (Å²) in [5, 5.41) is 5.61. The van der Waals surface area contributed by atoms with E-state index in [4.69, 9.17) is 9.47 Å². The Morgan fingerprint density at radius 3 is 2.15 bits per heavy atom. The van der Waals surface area contributed by atoms with Gasteiger partial charge in [-0.3, -0.25) is 23.5 Å². The number of aromatic nitrogens is 3. The molecule has 0 unspecified atom stereocenters. The number of rotatable bonds is 7. The fraction of sp³-hybridized carbons (Fsp3) is 0.348. The summed E-state index contributed by atoms with van der Waals surface area (Å²) in [6.45, 7) is 3.59. The molecule has 11 heteroatoms. The Morgan fingerprint density at radius 1 is 0.971 bits per heavy atom. The van der Waals surface area contributed by atoms with Gasteiger partial charge in [-0.05, 0) is 24.1 Å². The van der Waals surface area contributed by atoms with E-state index in [1.54, 1.807) is 32.0 Å². The number of nitrogens with zero attached hydrogens (tertiary/aromatic N) is 3. The molecule has 0 aliphatic rings. The van der Waals surface area contributed by atoms with Crippen LogP contribution in [0.25, 0.3) is 11.0 Å². The number of hydrogen-bond acceptors (Lipinski definition) is 7. The van der Waals surface area contributed by atoms with Crippen molar-refractivity contribution in [1.82, 2.24) is 19.4 Å². The van der Waals surface area contributed by atoms with Crippen LogP contribution in [0.3, 0.4) is 0 Å². The van der Waals surface area contributed by atoms with Crippen LogP contribution in [-0.4, -0.2) is 46.2 Å². The Kier molecular flexibility index (Phi) is 7.04. The molecule has 0 fully saturated rings. The van der Waals surface area contributed by atoms with Crippen LogP contribution in [0.2, 0.25) is 0 Å². The molecular formula is C23H27N5O6. The van der Waals surface area contributed by atoms with E-state index < -0.39 is 29.1 Å². The van der Waals surface area contributed by atoms with Gasteiger partial charge in [-0.2, -0.15) is 0 Å². The van der Waals surface area contributed by atoms with Crippen LogP contribution in [-0.2, 0) is 18.9 Å². The van der Waals surface area contributed by atoms with Gasteiger partial charge in [-0.15, -0.1) is 0 Å². The number of anilines is 1. The van der Waals surface area contributed by atoms with E-state index in [1.807, 2.05) is 0 Å². The van der Waals surface area contributed by atoms with Crippen molar-refractivity contribution in [2.75, 3.05) is 19.5 Å². The molecule has 2 N–H and O–H groups in total. The summed E-state index contributed by atoms with van der Waals surface area (Å²) < 4.78 is 12.6. The maximum Gasteiger partial charge on any atom is 0.332 e. The maximum atomic E-state index is 13.0. The van der Waals surface area contributed by atoms with Crippen LogP contribution in [0.1, 0.15) is 24.2 Å². The molecule has 3 rings (SSSR count). The number of carbonyl (C=O) groups excluding carboxylic acids is 2. The first-order valence-electron chi connectivity index (χ1n) is 10.5. The summed E-state index contributed by atoms with van der Waals surface area (Å²) in [4.78, 5) is 54.7. The third-order valence-electron chi connectivity index (χ3n) is 5.41. The summed E-state index contributed by atoms with van der Waals surface area (Å²) in [5.41, 5.74) is -0.296. The largest absolute Gasteiger partial charge is 0.497 e. The van der Waals surface area contributed by atoms with E-state index in [2.05, 4.69) is 15.6 Å². The van der Waals surface area contributed by atoms with E-state index in [9.17, 15) is 19.2 Å². The second kappa shape index (κ2) is 9.77. The lowest BCUT2D eigenvalue weighted by atomic mass is 10.0. The summed E-state index contributed by atoms with van der Waals surface area (Å²) in [6, 6.07) is 5.29. The number of carbonyl (C=O) groups is 2. The van der Waals surface area contributed by atoms with Crippen molar-refractivity contribution in [3.8, 4) is 11.5 Å². The number of amides is 2. The molecule has 180 valence electrons. The fourth-order valence-electron chi connectivity index (χ4n) is 3.45. The van der Waals surface area contributed by atoms with E-state index >= 15 is 0 Å². The zero-order valence-corrected chi connectivity index (χ0v) is 19.8. The lowest BCUT2D eigenvalue weighted by Crippen LogP contribution is -2.47. The third-order valence-corrected chi connectivity index (χ3v) is 5.41. The topological polar surface area (TPSA) is 134 Å². The number of fused-ring (bicyclic) bond motifs is 1. The van der Waals surface area contributed by atoms with Crippen molar-refractivity contribution < 1.29 is 19.1 Å². The second-order valence-corrected chi connectivity index (χ2v) is 8.09. The van der Waals surface area contributed by atoms with Gasteiger partial charge in [0.05, 0.1) is 31.5 Å². The summed E-state index contributed by atoms with van der Waals surface area (Å²) in [5.74, 6) is -0.340. The van der Waals surface area contributed by atoms with Crippen LogP contribution in [0.4, 0.5) is 5.69 Å². The zero-order valence-electron chi connectivity index (χ0n) is 19.8. The average molecular weight is 469 g/mol. The lowest BCUT2D eigenvalue weighted by Gasteiger charge is -2.22. The van der Waals surface area contributed by atoms with Gasteiger partial charge in [0.2, 0.25) is 5.91 Å². The molecule has 0 saturated heterocycles. The van der Waals surface area contributed by atoms with Crippen molar-refractivity contribution in [2.45, 2.75) is 19.9 Å². The average Bonchev–Trinajstić information content (AvgIpc) is 2.83. The molecule has 2 amide bonds. The second-order valence-electron chi connectivity index (χ2n) is 8.09. The van der Waals surface area contributed by atoms with E-state index in [0.29, 0.717) is 11.5 Å². The first-order chi connectivity index (χ1) is 16.1. The third kappa shape index (κ3) is 4.77. The van der Waals surface area contributed by atoms with Crippen molar-refractivity contribution in [2.24, 2.45) is 20.0 Å². The highest BCUT2D eigenvalue weighted by Crippen LogP contribution is 2.23. The van der Waals surface area contributed by atoms with Gasteiger partial charge >= 0.3 is 5.69 Å². The van der Waals surface area contributed by atoms with Crippen molar-refractivity contribution in [1.29, 1.82) is 0 Å². The molecule has 0 spiro atoms. The minimum absolute atomic E-state index is 0.177. The van der Waals surface area contributed by atoms with Crippen LogP contribution in [0.15, 0.2) is 40.1 Å². The van der Waals surface area contributed by atoms with E-state index in [1.165, 1.54) is 45.1 Å². The molecule has 34 heavy (non-hydrogen) atoms. The van der Waals surface area contributed by atoms with Crippen LogP contribution < -0.4 is 31.4 Å². The molecule has 0 bridgehead atoms. The van der Waals surface area contributed by atoms with Gasteiger partial charge < -0.3 is 20.1 Å². The number of pyridine rings is 1. The Labute approximate surface area is 195 Å². The van der Waals surface area contributed by atoms with E-state index in [-0.39, 0.29) is 28.2 Å². The molecule has 1 atom stereocenters. The molecule has 0 aliphatic heterocycles. The van der Waals surface area contributed by atoms with Crippen LogP contribution in [0, 0.1) is 5.92 Å². The highest BCUT2D eigenvalue weighted by atomic mass is 16.5. The summed E-state index contributed by atoms with van der Waals surface area (Å²) in [7, 11) is 5.83. The van der Waals surface area contributed by atoms with Gasteiger partial charge in [0.15, 0.2) is 0 Å². The molecular weight excluding hydrogens is 442 g/mol. The zero-order chi connectivity index (χ0) is 25.2. The fourth-order valence-corrected chi connectivity index (χ4v) is 3.45. The van der Waals surface area contributed by atoms with E-state index in [0.717, 1.165) is 4.57 Å². The Bertz CT molecular complexity index is 1350. The quantitative estimate of drug-likeness (QED) is 0.528. The highest BCUT2D eigenvalue weighted by Gasteiger charge is 2.26. The molecule has 2 aromatic heterocycles. The molecule has 1 aromatic carbocycles. The molecule has 3 aromatic rings. The molecule has 0 saturated carbocycles. The highest BCUT2D eigenvalue weighted by molar-refractivity contribution is 6.02. The van der Waals surface area contributed by atoms with Crippen LogP contribution in [0.5, 0.6) is 11.5 Å². The van der Waals surface area contributed by atoms with Gasteiger partial charge in [0.25, 0.3) is 11.5 Å². The Hall–Kier alpha value is -4.15. The molecule has 0 radical (unpaired) electrons. The predicted octanol–water partition coefficient (Wildman–Crippen LogP) is 1.04. The van der Waals surface area contributed by atoms with Crippen LogP contribution >= 0.6 is 0 Å². The summed E-state index contributed by atoms with van der Waals surface area (Å²) in [6.07, 6.45) is 1.35. The van der Waals surface area contributed by atoms with Crippen molar-refractivity contribution >= 4 is 28.5 Å². The minimum atomic E-state index is -0.886. The number of ether oxygens (including phenoxy) is 2. The molecule has 11 nitrogen and oxygen atoms in total. The molecule has 0 aliphatic carbocycles. The SMILES string of the molecule is COc1cc(OC)cc(C(=O)N[C@H](C(=O)Nc2cnc3c(c2)c(=O)n(C)c(=O)n3C)C(C)C)c1. The minimum Gasteiger partial charge on any atom is -0.497 e. The molecule has 2 heterocycles. The number of methoxy groups -OCH3 is 2. The number of hydrogen-bond donors (Lipinski definition) is 2. The van der Waals surface area contributed by atoms with Gasteiger partial charge in [-0.25, -0.2) is 9.78 Å².